The summed E-state index contributed by atoms with van der Waals surface area (Å²) in [7, 11) is 0. The van der Waals surface area contributed by atoms with Crippen LogP contribution in [0.2, 0.25) is 0 Å². The van der Waals surface area contributed by atoms with E-state index in [1.807, 2.05) is 30.3 Å². The van der Waals surface area contributed by atoms with Crippen molar-refractivity contribution in [3.63, 3.8) is 0 Å². The van der Waals surface area contributed by atoms with E-state index in [4.69, 9.17) is 4.84 Å². The lowest BCUT2D eigenvalue weighted by molar-refractivity contribution is -0.154. The number of benzene rings is 1. The summed E-state index contributed by atoms with van der Waals surface area (Å²) in [4.78, 5) is 27.6. The monoisotopic (exact) mass is 291 g/mol. The molecule has 0 bridgehead atoms. The lowest BCUT2D eigenvalue weighted by Crippen LogP contribution is -2.42. The highest BCUT2D eigenvalue weighted by atomic mass is 16.7. The summed E-state index contributed by atoms with van der Waals surface area (Å²) in [6.45, 7) is 0.372. The highest BCUT2D eigenvalue weighted by Crippen LogP contribution is 2.20. The molecule has 1 aliphatic rings. The molecule has 6 heteroatoms. The highest BCUT2D eigenvalue weighted by molar-refractivity contribution is 5.95. The molecule has 1 aromatic carbocycles. The molecule has 0 fully saturated rings. The molecule has 0 heterocycles. The van der Waals surface area contributed by atoms with Gasteiger partial charge in [-0.1, -0.05) is 36.4 Å². The maximum Gasteiger partial charge on any atom is 0.325 e. The Labute approximate surface area is 122 Å². The Morgan fingerprint density at radius 1 is 1.24 bits per heavy atom. The Bertz CT molecular complexity index is 528. The summed E-state index contributed by atoms with van der Waals surface area (Å²) in [6, 6.07) is 9.41. The number of aliphatic hydroxyl groups is 2. The van der Waals surface area contributed by atoms with Gasteiger partial charge in [-0.2, -0.15) is 0 Å². The minimum absolute atomic E-state index is 0.121. The molecule has 1 unspecified atom stereocenters. The van der Waals surface area contributed by atoms with Gasteiger partial charge in [-0.3, -0.25) is 9.59 Å². The van der Waals surface area contributed by atoms with Crippen molar-refractivity contribution in [3.8, 4) is 0 Å². The van der Waals surface area contributed by atoms with Gasteiger partial charge in [0, 0.05) is 5.92 Å². The lowest BCUT2D eigenvalue weighted by Gasteiger charge is -2.25. The average Bonchev–Trinajstić information content (AvgIpc) is 2.49. The van der Waals surface area contributed by atoms with Crippen LogP contribution in [0.25, 0.3) is 0 Å². The first-order chi connectivity index (χ1) is 10.1. The summed E-state index contributed by atoms with van der Waals surface area (Å²) < 4.78 is 0. The molecule has 3 N–H and O–H groups in total. The molecule has 6 nitrogen and oxygen atoms in total. The molecular weight excluding hydrogens is 274 g/mol. The van der Waals surface area contributed by atoms with Crippen LogP contribution < -0.4 is 5.48 Å². The summed E-state index contributed by atoms with van der Waals surface area (Å²) in [5.74, 6) is -1.76. The van der Waals surface area contributed by atoms with Crippen LogP contribution in [0.5, 0.6) is 0 Å². The van der Waals surface area contributed by atoms with Crippen molar-refractivity contribution in [2.45, 2.75) is 25.2 Å². The smallest absolute Gasteiger partial charge is 0.325 e. The number of ketones is 1. The first-order valence-corrected chi connectivity index (χ1v) is 6.62. The van der Waals surface area contributed by atoms with Gasteiger partial charge >= 0.3 is 5.97 Å². The number of rotatable bonds is 5. The SMILES string of the molecule is O=C(C[C@H]1C=CC(=O)C(O)[C@H]1O)ONCc1ccccc1. The number of aliphatic hydroxyl groups excluding tert-OH is 2. The normalized spacial score (nSPS) is 24.9. The average molecular weight is 291 g/mol. The summed E-state index contributed by atoms with van der Waals surface area (Å²) in [6.07, 6.45) is -0.302. The number of nitrogens with one attached hydrogen (secondary N) is 1. The number of hydrogen-bond donors (Lipinski definition) is 3. The zero-order valence-electron chi connectivity index (χ0n) is 11.3. The van der Waals surface area contributed by atoms with Gasteiger partial charge < -0.3 is 15.1 Å². The summed E-state index contributed by atoms with van der Waals surface area (Å²) in [5.41, 5.74) is 3.50. The van der Waals surface area contributed by atoms with Gasteiger partial charge in [0.25, 0.3) is 0 Å². The van der Waals surface area contributed by atoms with Crippen LogP contribution in [-0.2, 0) is 21.0 Å². The predicted octanol–water partition coefficient (Wildman–Crippen LogP) is 0.101. The molecule has 0 aromatic heterocycles. The molecule has 21 heavy (non-hydrogen) atoms. The zero-order chi connectivity index (χ0) is 15.2. The Morgan fingerprint density at radius 3 is 2.67 bits per heavy atom. The molecule has 1 aliphatic carbocycles. The molecular formula is C15H17NO5. The van der Waals surface area contributed by atoms with Crippen molar-refractivity contribution in [3.05, 3.63) is 48.0 Å². The van der Waals surface area contributed by atoms with Crippen molar-refractivity contribution in [2.75, 3.05) is 0 Å². The third-order valence-electron chi connectivity index (χ3n) is 3.27. The molecule has 3 atom stereocenters. The van der Waals surface area contributed by atoms with E-state index in [0.29, 0.717) is 6.54 Å². The molecule has 0 spiro atoms. The maximum atomic E-state index is 11.6. The Kier molecular flexibility index (Phi) is 5.21. The first kappa shape index (κ1) is 15.4. The summed E-state index contributed by atoms with van der Waals surface area (Å²) >= 11 is 0. The van der Waals surface area contributed by atoms with E-state index in [2.05, 4.69) is 5.48 Å². The van der Waals surface area contributed by atoms with Crippen LogP contribution in [0.4, 0.5) is 0 Å². The fourth-order valence-corrected chi connectivity index (χ4v) is 2.05. The molecule has 1 aromatic rings. The molecule has 112 valence electrons. The highest BCUT2D eigenvalue weighted by Gasteiger charge is 2.34. The fraction of sp³-hybridized carbons (Fsp3) is 0.333. The van der Waals surface area contributed by atoms with Gasteiger partial charge in [-0.25, -0.2) is 0 Å². The second kappa shape index (κ2) is 7.12. The van der Waals surface area contributed by atoms with E-state index in [1.165, 1.54) is 12.2 Å². The number of hydroxylamine groups is 1. The van der Waals surface area contributed by atoms with Gasteiger partial charge in [-0.05, 0) is 11.6 Å². The van der Waals surface area contributed by atoms with Gasteiger partial charge in [-0.15, -0.1) is 5.48 Å². The van der Waals surface area contributed by atoms with Crippen LogP contribution in [0.15, 0.2) is 42.5 Å². The standard InChI is InChI=1S/C15H17NO5/c17-12-7-6-11(14(19)15(12)20)8-13(18)21-16-9-10-4-2-1-3-5-10/h1-7,11,14-16,19-20H,8-9H2/t11-,14+,15?/m1/s1. The molecule has 0 saturated heterocycles. The van der Waals surface area contributed by atoms with Crippen LogP contribution in [-0.4, -0.2) is 34.2 Å². The largest absolute Gasteiger partial charge is 0.389 e. The Balaban J connectivity index is 1.77. The second-order valence-electron chi connectivity index (χ2n) is 4.85. The van der Waals surface area contributed by atoms with Crippen LogP contribution in [0, 0.1) is 5.92 Å². The third-order valence-corrected chi connectivity index (χ3v) is 3.27. The van der Waals surface area contributed by atoms with Gasteiger partial charge in [0.1, 0.15) is 6.10 Å². The van der Waals surface area contributed by atoms with Gasteiger partial charge in [0.15, 0.2) is 5.78 Å². The van der Waals surface area contributed by atoms with Crippen LogP contribution in [0.3, 0.4) is 0 Å². The Morgan fingerprint density at radius 2 is 1.95 bits per heavy atom. The molecule has 2 rings (SSSR count). The topological polar surface area (TPSA) is 95.9 Å². The van der Waals surface area contributed by atoms with Gasteiger partial charge in [0.2, 0.25) is 0 Å². The number of hydrogen-bond acceptors (Lipinski definition) is 6. The van der Waals surface area contributed by atoms with E-state index in [1.54, 1.807) is 0 Å². The number of carbonyl (C=O) groups is 2. The van der Waals surface area contributed by atoms with Crippen molar-refractivity contribution in [2.24, 2.45) is 5.92 Å². The quantitative estimate of drug-likeness (QED) is 0.666. The van der Waals surface area contributed by atoms with E-state index in [0.717, 1.165) is 5.56 Å². The van der Waals surface area contributed by atoms with Crippen LogP contribution in [0.1, 0.15) is 12.0 Å². The fourth-order valence-electron chi connectivity index (χ4n) is 2.05. The van der Waals surface area contributed by atoms with E-state index in [-0.39, 0.29) is 6.42 Å². The van der Waals surface area contributed by atoms with E-state index >= 15 is 0 Å². The molecule has 0 amide bonds. The molecule has 0 radical (unpaired) electrons. The van der Waals surface area contributed by atoms with E-state index < -0.39 is 29.9 Å². The van der Waals surface area contributed by atoms with Crippen molar-refractivity contribution >= 4 is 11.8 Å². The zero-order valence-corrected chi connectivity index (χ0v) is 11.3. The molecule has 0 aliphatic heterocycles. The Hall–Kier alpha value is -2.02. The first-order valence-electron chi connectivity index (χ1n) is 6.62. The summed E-state index contributed by atoms with van der Waals surface area (Å²) in [5, 5.41) is 19.1. The van der Waals surface area contributed by atoms with E-state index in [9.17, 15) is 19.8 Å². The lowest BCUT2D eigenvalue weighted by atomic mass is 9.87. The van der Waals surface area contributed by atoms with Crippen LogP contribution >= 0.6 is 0 Å². The maximum absolute atomic E-state index is 11.6. The van der Waals surface area contributed by atoms with Crippen molar-refractivity contribution in [1.29, 1.82) is 0 Å². The second-order valence-corrected chi connectivity index (χ2v) is 4.85. The predicted molar refractivity (Wildman–Crippen MR) is 73.6 cm³/mol. The van der Waals surface area contributed by atoms with Crippen molar-refractivity contribution < 1.29 is 24.6 Å². The minimum Gasteiger partial charge on any atom is -0.389 e. The molecule has 0 saturated carbocycles. The van der Waals surface area contributed by atoms with Crippen molar-refractivity contribution in [1.82, 2.24) is 5.48 Å². The van der Waals surface area contributed by atoms with Gasteiger partial charge in [0.05, 0.1) is 19.1 Å². The minimum atomic E-state index is -1.48. The third kappa shape index (κ3) is 4.22. The number of carbonyl (C=O) groups excluding carboxylic acids is 2.